The molecule has 0 radical (unpaired) electrons. The average molecular weight is 314 g/mol. The molecule has 0 aliphatic rings. The Hall–Kier alpha value is -1.91. The summed E-state index contributed by atoms with van der Waals surface area (Å²) >= 11 is 0. The van der Waals surface area contributed by atoms with E-state index in [-0.39, 0.29) is 12.0 Å². The quantitative estimate of drug-likeness (QED) is 0.780. The summed E-state index contributed by atoms with van der Waals surface area (Å²) in [5.41, 5.74) is 2.43. The van der Waals surface area contributed by atoms with E-state index in [2.05, 4.69) is 36.3 Å². The van der Waals surface area contributed by atoms with E-state index in [1.54, 1.807) is 12.4 Å². The van der Waals surface area contributed by atoms with E-state index < -0.39 is 0 Å². The van der Waals surface area contributed by atoms with Gasteiger partial charge in [0.25, 0.3) is 0 Å². The lowest BCUT2D eigenvalue weighted by Gasteiger charge is -2.24. The summed E-state index contributed by atoms with van der Waals surface area (Å²) in [5.74, 6) is 1.59. The highest BCUT2D eigenvalue weighted by molar-refractivity contribution is 5.39. The summed E-state index contributed by atoms with van der Waals surface area (Å²) in [7, 11) is 0. The van der Waals surface area contributed by atoms with Gasteiger partial charge in [-0.15, -0.1) is 0 Å². The second kappa shape index (κ2) is 8.09. The Morgan fingerprint density at radius 3 is 2.74 bits per heavy atom. The second-order valence-corrected chi connectivity index (χ2v) is 6.63. The molecule has 0 spiro atoms. The Morgan fingerprint density at radius 1 is 1.26 bits per heavy atom. The Bertz CT molecular complexity index is 612. The highest BCUT2D eigenvalue weighted by atomic mass is 16.5. The van der Waals surface area contributed by atoms with Crippen LogP contribution >= 0.6 is 0 Å². The highest BCUT2D eigenvalue weighted by Crippen LogP contribution is 2.25. The van der Waals surface area contributed by atoms with Crippen molar-refractivity contribution in [2.45, 2.75) is 33.7 Å². The van der Waals surface area contributed by atoms with Gasteiger partial charge in [-0.25, -0.2) is 0 Å². The summed E-state index contributed by atoms with van der Waals surface area (Å²) in [5, 5.41) is 12.5. The number of ether oxygens (including phenoxy) is 1. The van der Waals surface area contributed by atoms with Crippen LogP contribution in [-0.4, -0.2) is 23.2 Å². The Labute approximate surface area is 138 Å². The third-order valence-electron chi connectivity index (χ3n) is 3.82. The van der Waals surface area contributed by atoms with Crippen molar-refractivity contribution in [3.8, 4) is 11.5 Å². The number of benzene rings is 1. The predicted molar refractivity (Wildman–Crippen MR) is 92.7 cm³/mol. The van der Waals surface area contributed by atoms with Crippen molar-refractivity contribution in [2.24, 2.45) is 5.41 Å². The average Bonchev–Trinajstić information content (AvgIpc) is 2.51. The van der Waals surface area contributed by atoms with Crippen LogP contribution in [0.5, 0.6) is 11.5 Å². The fourth-order valence-corrected chi connectivity index (χ4v) is 2.41. The summed E-state index contributed by atoms with van der Waals surface area (Å²) in [6, 6.07) is 9.96. The van der Waals surface area contributed by atoms with E-state index in [4.69, 9.17) is 9.84 Å². The minimum absolute atomic E-state index is 0.104. The number of aliphatic hydroxyl groups is 1. The number of aromatic nitrogens is 1. The van der Waals surface area contributed by atoms with Gasteiger partial charge in [0.05, 0.1) is 6.20 Å². The van der Waals surface area contributed by atoms with Crippen LogP contribution in [0.3, 0.4) is 0 Å². The maximum absolute atomic E-state index is 9.06. The van der Waals surface area contributed by atoms with E-state index in [1.165, 1.54) is 5.56 Å². The lowest BCUT2D eigenvalue weighted by atomic mass is 9.90. The molecule has 1 aromatic carbocycles. The van der Waals surface area contributed by atoms with E-state index in [0.717, 1.165) is 36.6 Å². The Kier molecular flexibility index (Phi) is 6.13. The summed E-state index contributed by atoms with van der Waals surface area (Å²) in [6.07, 6.45) is 4.24. The molecule has 23 heavy (non-hydrogen) atoms. The fourth-order valence-electron chi connectivity index (χ4n) is 2.41. The highest BCUT2D eigenvalue weighted by Gasteiger charge is 2.16. The first-order chi connectivity index (χ1) is 11.0. The molecule has 0 fully saturated rings. The number of pyridine rings is 1. The van der Waals surface area contributed by atoms with Crippen molar-refractivity contribution in [1.29, 1.82) is 0 Å². The first-order valence-electron chi connectivity index (χ1n) is 7.99. The molecule has 2 N–H and O–H groups in total. The SMILES string of the molecule is Cc1cc(CNCC(C)(C)CCO)ccc1Oc1cccnc1. The van der Waals surface area contributed by atoms with E-state index in [0.29, 0.717) is 0 Å². The van der Waals surface area contributed by atoms with E-state index in [9.17, 15) is 0 Å². The van der Waals surface area contributed by atoms with Gasteiger partial charge in [0.15, 0.2) is 0 Å². The zero-order valence-corrected chi connectivity index (χ0v) is 14.2. The van der Waals surface area contributed by atoms with Crippen LogP contribution in [-0.2, 0) is 6.54 Å². The van der Waals surface area contributed by atoms with Gasteiger partial charge >= 0.3 is 0 Å². The predicted octanol–water partition coefficient (Wildman–Crippen LogP) is 3.68. The Balaban J connectivity index is 1.92. The van der Waals surface area contributed by atoms with E-state index in [1.807, 2.05) is 25.1 Å². The standard InChI is InChI=1S/C19H26N2O2/c1-15-11-16(12-21-14-19(2,3)8-10-22)6-7-18(15)23-17-5-4-9-20-13-17/h4-7,9,11,13,21-22H,8,10,12,14H2,1-3H3. The maximum Gasteiger partial charge on any atom is 0.145 e. The van der Waals surface area contributed by atoms with Crippen LogP contribution < -0.4 is 10.1 Å². The molecule has 4 nitrogen and oxygen atoms in total. The molecule has 124 valence electrons. The van der Waals surface area contributed by atoms with Gasteiger partial charge in [-0.05, 0) is 48.1 Å². The smallest absolute Gasteiger partial charge is 0.145 e. The Morgan fingerprint density at radius 2 is 2.09 bits per heavy atom. The molecule has 0 amide bonds. The molecule has 4 heteroatoms. The molecule has 2 aromatic rings. The van der Waals surface area contributed by atoms with Crippen LogP contribution in [0.25, 0.3) is 0 Å². The molecule has 0 bridgehead atoms. The molecule has 1 heterocycles. The number of aliphatic hydroxyl groups excluding tert-OH is 1. The van der Waals surface area contributed by atoms with Gasteiger partial charge in [-0.3, -0.25) is 4.98 Å². The largest absolute Gasteiger partial charge is 0.455 e. The minimum atomic E-state index is 0.104. The summed E-state index contributed by atoms with van der Waals surface area (Å²) in [6.45, 7) is 8.28. The van der Waals surface area contributed by atoms with Gasteiger partial charge in [0, 0.05) is 25.9 Å². The van der Waals surface area contributed by atoms with Crippen LogP contribution in [0, 0.1) is 12.3 Å². The van der Waals surface area contributed by atoms with Crippen molar-refractivity contribution < 1.29 is 9.84 Å². The lowest BCUT2D eigenvalue weighted by molar-refractivity contribution is 0.207. The third kappa shape index (κ3) is 5.66. The van der Waals surface area contributed by atoms with Crippen LogP contribution in [0.15, 0.2) is 42.7 Å². The van der Waals surface area contributed by atoms with Crippen LogP contribution in [0.4, 0.5) is 0 Å². The van der Waals surface area contributed by atoms with Gasteiger partial charge in [-0.1, -0.05) is 26.0 Å². The number of nitrogens with one attached hydrogen (secondary N) is 1. The number of aryl methyl sites for hydroxylation is 1. The van der Waals surface area contributed by atoms with Gasteiger partial charge in [0.1, 0.15) is 11.5 Å². The number of hydrogen-bond acceptors (Lipinski definition) is 4. The number of nitrogens with zero attached hydrogens (tertiary/aromatic N) is 1. The van der Waals surface area contributed by atoms with Crippen molar-refractivity contribution in [3.05, 3.63) is 53.9 Å². The molecule has 0 atom stereocenters. The van der Waals surface area contributed by atoms with Crippen LogP contribution in [0.1, 0.15) is 31.4 Å². The van der Waals surface area contributed by atoms with Crippen molar-refractivity contribution in [2.75, 3.05) is 13.2 Å². The van der Waals surface area contributed by atoms with Gasteiger partial charge < -0.3 is 15.2 Å². The zero-order valence-electron chi connectivity index (χ0n) is 14.2. The molecule has 0 aliphatic carbocycles. The molecule has 0 saturated carbocycles. The summed E-state index contributed by atoms with van der Waals surface area (Å²) in [4.78, 5) is 4.05. The molecule has 2 rings (SSSR count). The molecule has 1 aromatic heterocycles. The molecule has 0 aliphatic heterocycles. The van der Waals surface area contributed by atoms with Gasteiger partial charge in [0.2, 0.25) is 0 Å². The zero-order chi connectivity index (χ0) is 16.7. The molecular formula is C19H26N2O2. The second-order valence-electron chi connectivity index (χ2n) is 6.63. The van der Waals surface area contributed by atoms with Crippen molar-refractivity contribution >= 4 is 0 Å². The molecular weight excluding hydrogens is 288 g/mol. The lowest BCUT2D eigenvalue weighted by Crippen LogP contribution is -2.29. The fraction of sp³-hybridized carbons (Fsp3) is 0.421. The van der Waals surface area contributed by atoms with Gasteiger partial charge in [-0.2, -0.15) is 0 Å². The molecule has 0 saturated heterocycles. The maximum atomic E-state index is 9.06. The number of rotatable bonds is 8. The monoisotopic (exact) mass is 314 g/mol. The topological polar surface area (TPSA) is 54.4 Å². The first-order valence-corrected chi connectivity index (χ1v) is 7.99. The third-order valence-corrected chi connectivity index (χ3v) is 3.82. The first kappa shape index (κ1) is 17.4. The summed E-state index contributed by atoms with van der Waals surface area (Å²) < 4.78 is 5.84. The molecule has 0 unspecified atom stereocenters. The normalized spacial score (nSPS) is 11.5. The van der Waals surface area contributed by atoms with Crippen molar-refractivity contribution in [3.63, 3.8) is 0 Å². The van der Waals surface area contributed by atoms with Crippen molar-refractivity contribution in [1.82, 2.24) is 10.3 Å². The number of hydrogen-bond donors (Lipinski definition) is 2. The minimum Gasteiger partial charge on any atom is -0.455 e. The van der Waals surface area contributed by atoms with Crippen LogP contribution in [0.2, 0.25) is 0 Å². The van der Waals surface area contributed by atoms with E-state index >= 15 is 0 Å².